The van der Waals surface area contributed by atoms with Crippen LogP contribution in [0.25, 0.3) is 0 Å². The maximum Gasteiger partial charge on any atom is 0.303 e. The summed E-state index contributed by atoms with van der Waals surface area (Å²) in [4.78, 5) is 57.4. The summed E-state index contributed by atoms with van der Waals surface area (Å²) in [6.45, 7) is 14.9. The molecule has 0 aromatic heterocycles. The minimum atomic E-state index is -0.924. The predicted octanol–water partition coefficient (Wildman–Crippen LogP) is 4.83. The Labute approximate surface area is 250 Å². The van der Waals surface area contributed by atoms with Crippen LogP contribution in [0.2, 0.25) is 0 Å². The van der Waals surface area contributed by atoms with Crippen molar-refractivity contribution in [2.45, 2.75) is 59.8 Å². The molecular weight excluding hydrogens is 548 g/mol. The number of allylic oxidation sites excluding steroid dienone is 7. The Hall–Kier alpha value is -4.86. The van der Waals surface area contributed by atoms with Gasteiger partial charge in [0.15, 0.2) is 0 Å². The number of carbonyl (C=O) groups is 4. The van der Waals surface area contributed by atoms with E-state index in [2.05, 4.69) is 23.8 Å². The summed E-state index contributed by atoms with van der Waals surface area (Å²) in [5.74, 6) is -2.76. The number of rotatable bonds is 12. The van der Waals surface area contributed by atoms with Gasteiger partial charge in [0.2, 0.25) is 0 Å². The number of nitrogens with one attached hydrogen (secondary N) is 2. The lowest BCUT2D eigenvalue weighted by molar-refractivity contribution is -0.138. The van der Waals surface area contributed by atoms with Gasteiger partial charge in [-0.2, -0.15) is 0 Å². The Morgan fingerprint density at radius 2 is 1.53 bits per heavy atom. The average molecular weight is 585 g/mol. The van der Waals surface area contributed by atoms with Crippen molar-refractivity contribution in [2.24, 2.45) is 21.8 Å². The van der Waals surface area contributed by atoms with Gasteiger partial charge in [0.05, 0.1) is 11.4 Å². The number of amides is 2. The molecule has 0 bridgehead atoms. The van der Waals surface area contributed by atoms with Crippen LogP contribution in [0.3, 0.4) is 0 Å². The molecule has 2 amide bonds. The molecule has 10 heteroatoms. The second-order valence-corrected chi connectivity index (χ2v) is 11.0. The zero-order valence-corrected chi connectivity index (χ0v) is 24.8. The van der Waals surface area contributed by atoms with Crippen molar-refractivity contribution in [3.63, 3.8) is 0 Å². The molecule has 4 N–H and O–H groups in total. The van der Waals surface area contributed by atoms with Gasteiger partial charge in [-0.15, -0.1) is 0 Å². The monoisotopic (exact) mass is 584 g/mol. The van der Waals surface area contributed by atoms with Crippen molar-refractivity contribution >= 4 is 35.2 Å². The lowest BCUT2D eigenvalue weighted by atomic mass is 9.87. The molecular formula is C33H36N4O6. The Morgan fingerprint density at radius 1 is 0.884 bits per heavy atom. The first-order valence-electron chi connectivity index (χ1n) is 14.1. The van der Waals surface area contributed by atoms with E-state index in [1.165, 1.54) is 6.08 Å². The molecule has 0 spiro atoms. The molecule has 0 saturated carbocycles. The maximum absolute atomic E-state index is 12.3. The highest BCUT2D eigenvalue weighted by molar-refractivity contribution is 6.08. The van der Waals surface area contributed by atoms with Gasteiger partial charge in [-0.05, 0) is 62.5 Å². The number of carbonyl (C=O) groups excluding carboxylic acids is 2. The Morgan fingerprint density at radius 3 is 2.14 bits per heavy atom. The van der Waals surface area contributed by atoms with Gasteiger partial charge in [0.1, 0.15) is 0 Å². The van der Waals surface area contributed by atoms with E-state index in [0.717, 1.165) is 22.4 Å². The van der Waals surface area contributed by atoms with Crippen LogP contribution in [0.15, 0.2) is 104 Å². The molecule has 4 rings (SSSR count). The molecule has 4 aliphatic rings. The molecule has 224 valence electrons. The minimum Gasteiger partial charge on any atom is -0.481 e. The van der Waals surface area contributed by atoms with Gasteiger partial charge in [-0.1, -0.05) is 32.2 Å². The number of carboxylic acid groups (broad SMARTS) is 2. The lowest BCUT2D eigenvalue weighted by Crippen LogP contribution is -2.18. The van der Waals surface area contributed by atoms with Crippen LogP contribution < -0.4 is 10.6 Å². The van der Waals surface area contributed by atoms with Crippen molar-refractivity contribution in [2.75, 3.05) is 0 Å². The summed E-state index contributed by atoms with van der Waals surface area (Å²) in [5.41, 5.74) is 8.15. The number of aliphatic imine (C=N–C) groups is 2. The van der Waals surface area contributed by atoms with Gasteiger partial charge < -0.3 is 20.8 Å². The molecule has 2 unspecified atom stereocenters. The standard InChI is InChI=1S/C33H36N4O6/c1-7-20-19(6)32(42)37-27(20)14-25-18(5)23(10-12-31(40)41)29(35-25)15-28-22(9-11-30(38)39)17(4)24(34-28)13-26-16(3)21(8-2)33(43)36-26/h7-8,13-14,17,23H,1-2,9-12,15H2,3-6H3,(H,36,43)(H,37,42)(H,38,39)(H,40,41)/b26-13+,27-14-. The van der Waals surface area contributed by atoms with E-state index in [0.29, 0.717) is 58.1 Å². The van der Waals surface area contributed by atoms with E-state index >= 15 is 0 Å². The van der Waals surface area contributed by atoms with Crippen molar-refractivity contribution in [1.29, 1.82) is 0 Å². The van der Waals surface area contributed by atoms with E-state index in [-0.39, 0.29) is 42.9 Å². The molecule has 2 atom stereocenters. The van der Waals surface area contributed by atoms with Gasteiger partial charge >= 0.3 is 11.9 Å². The van der Waals surface area contributed by atoms with Crippen LogP contribution in [0, 0.1) is 11.8 Å². The summed E-state index contributed by atoms with van der Waals surface area (Å²) in [7, 11) is 0. The SMILES string of the molecule is C=CC1=C(C)/C(=C\C2=NC(CC3=NC(/C=C4\NC(=O)C(C)=C4C=C)=C(C)C3CCC(=O)O)=C(CCC(=O)O)C2C)NC1=O. The smallest absolute Gasteiger partial charge is 0.303 e. The third-order valence-electron chi connectivity index (χ3n) is 8.36. The number of hydrogen-bond acceptors (Lipinski definition) is 6. The first kappa shape index (κ1) is 31.1. The Balaban J connectivity index is 1.73. The van der Waals surface area contributed by atoms with Gasteiger partial charge in [-0.25, -0.2) is 0 Å². The van der Waals surface area contributed by atoms with Crippen molar-refractivity contribution < 1.29 is 29.4 Å². The largest absolute Gasteiger partial charge is 0.481 e. The molecule has 0 fully saturated rings. The Kier molecular flexibility index (Phi) is 9.08. The highest BCUT2D eigenvalue weighted by Gasteiger charge is 2.33. The van der Waals surface area contributed by atoms with Gasteiger partial charge in [-0.3, -0.25) is 29.2 Å². The molecule has 0 saturated heterocycles. The molecule has 43 heavy (non-hydrogen) atoms. The van der Waals surface area contributed by atoms with Crippen molar-refractivity contribution in [3.8, 4) is 0 Å². The van der Waals surface area contributed by atoms with Gasteiger partial charge in [0, 0.05) is 70.6 Å². The van der Waals surface area contributed by atoms with E-state index in [1.807, 2.05) is 26.8 Å². The van der Waals surface area contributed by atoms with Crippen molar-refractivity contribution in [3.05, 3.63) is 93.7 Å². The third-order valence-corrected chi connectivity index (χ3v) is 8.36. The fraction of sp³-hybridized carbons (Fsp3) is 0.333. The fourth-order valence-corrected chi connectivity index (χ4v) is 5.80. The quantitative estimate of drug-likeness (QED) is 0.257. The molecule has 0 aromatic rings. The maximum atomic E-state index is 12.3. The number of nitrogens with zero attached hydrogens (tertiary/aromatic N) is 2. The molecule has 0 aromatic carbocycles. The van der Waals surface area contributed by atoms with Crippen LogP contribution in [0.5, 0.6) is 0 Å². The first-order valence-corrected chi connectivity index (χ1v) is 14.1. The van der Waals surface area contributed by atoms with E-state index in [1.54, 1.807) is 19.1 Å². The zero-order chi connectivity index (χ0) is 31.6. The second kappa shape index (κ2) is 12.6. The molecule has 4 heterocycles. The van der Waals surface area contributed by atoms with Crippen LogP contribution >= 0.6 is 0 Å². The average Bonchev–Trinajstić information content (AvgIpc) is 3.59. The lowest BCUT2D eigenvalue weighted by Gasteiger charge is -2.16. The highest BCUT2D eigenvalue weighted by Crippen LogP contribution is 2.39. The fourth-order valence-electron chi connectivity index (χ4n) is 5.80. The van der Waals surface area contributed by atoms with E-state index in [9.17, 15) is 29.4 Å². The number of aliphatic carboxylic acids is 2. The summed E-state index contributed by atoms with van der Waals surface area (Å²) in [5, 5.41) is 24.6. The summed E-state index contributed by atoms with van der Waals surface area (Å²) >= 11 is 0. The summed E-state index contributed by atoms with van der Waals surface area (Å²) in [6, 6.07) is 0. The number of carboxylic acids is 2. The van der Waals surface area contributed by atoms with Crippen LogP contribution in [0.4, 0.5) is 0 Å². The molecule has 10 nitrogen and oxygen atoms in total. The topological polar surface area (TPSA) is 158 Å². The van der Waals surface area contributed by atoms with E-state index < -0.39 is 11.9 Å². The third kappa shape index (κ3) is 6.33. The van der Waals surface area contributed by atoms with Crippen LogP contribution in [-0.4, -0.2) is 45.4 Å². The van der Waals surface area contributed by atoms with Crippen LogP contribution in [-0.2, 0) is 19.2 Å². The van der Waals surface area contributed by atoms with Gasteiger partial charge in [0.25, 0.3) is 11.8 Å². The van der Waals surface area contributed by atoms with E-state index in [4.69, 9.17) is 9.98 Å². The number of hydrogen-bond donors (Lipinski definition) is 4. The Bertz CT molecular complexity index is 1610. The van der Waals surface area contributed by atoms with Crippen LogP contribution in [0.1, 0.15) is 59.8 Å². The zero-order valence-electron chi connectivity index (χ0n) is 24.8. The second-order valence-electron chi connectivity index (χ2n) is 11.0. The molecule has 4 aliphatic heterocycles. The normalized spacial score (nSPS) is 23.9. The highest BCUT2D eigenvalue weighted by atomic mass is 16.4. The predicted molar refractivity (Wildman–Crippen MR) is 164 cm³/mol. The first-order chi connectivity index (χ1) is 20.4. The summed E-state index contributed by atoms with van der Waals surface area (Å²) in [6.07, 6.45) is 7.51. The summed E-state index contributed by atoms with van der Waals surface area (Å²) < 4.78 is 0. The molecule has 0 radical (unpaired) electrons. The van der Waals surface area contributed by atoms with Crippen molar-refractivity contribution in [1.82, 2.24) is 10.6 Å². The minimum absolute atomic E-state index is 0.0581. The molecule has 0 aliphatic carbocycles.